The van der Waals surface area contributed by atoms with Crippen LogP contribution in [0.15, 0.2) is 0 Å². The van der Waals surface area contributed by atoms with Gasteiger partial charge in [-0.25, -0.2) is 0 Å². The van der Waals surface area contributed by atoms with Crippen LogP contribution in [0, 0.1) is 0 Å². The van der Waals surface area contributed by atoms with E-state index in [0.717, 1.165) is 13.1 Å². The molecule has 0 heterocycles. The van der Waals surface area contributed by atoms with Gasteiger partial charge in [0.25, 0.3) is 0 Å². The summed E-state index contributed by atoms with van der Waals surface area (Å²) in [7, 11) is 0. The first-order valence-corrected chi connectivity index (χ1v) is 4.14. The second-order valence-corrected chi connectivity index (χ2v) is 1.86. The molecule has 0 saturated heterocycles. The number of hydrogen-bond acceptors (Lipinski definition) is 2. The van der Waals surface area contributed by atoms with Gasteiger partial charge in [-0.05, 0) is 13.1 Å². The van der Waals surface area contributed by atoms with Crippen molar-refractivity contribution in [3.8, 4) is 0 Å². The van der Waals surface area contributed by atoms with E-state index in [1.165, 1.54) is 0 Å². The van der Waals surface area contributed by atoms with Gasteiger partial charge in [0, 0.05) is 0 Å². The predicted octanol–water partition coefficient (Wildman–Crippen LogP) is 1.44. The van der Waals surface area contributed by atoms with E-state index in [1.54, 1.807) is 0 Å². The Morgan fingerprint density at radius 3 is 1.73 bits per heavy atom. The molecular formula is C8H19NO2. The molecule has 1 N–H and O–H groups in total. The molecule has 0 aromatic rings. The fourth-order valence-electron chi connectivity index (χ4n) is 0.639. The Labute approximate surface area is 69.0 Å². The van der Waals surface area contributed by atoms with Gasteiger partial charge in [0.2, 0.25) is 0 Å². The minimum absolute atomic E-state index is 0.160. The number of likely N-dealkylation sites (N-methyl/N-ethyl adjacent to an activating group) is 1. The number of carboxylic acids is 1. The molecule has 0 aliphatic carbocycles. The van der Waals surface area contributed by atoms with E-state index < -0.39 is 5.97 Å². The molecule has 0 unspecified atom stereocenters. The minimum atomic E-state index is -0.751. The summed E-state index contributed by atoms with van der Waals surface area (Å²) >= 11 is 0. The van der Waals surface area contributed by atoms with Crippen LogP contribution in [0.5, 0.6) is 0 Å². The van der Waals surface area contributed by atoms with Gasteiger partial charge in [-0.3, -0.25) is 9.69 Å². The lowest BCUT2D eigenvalue weighted by molar-refractivity contribution is -0.138. The van der Waals surface area contributed by atoms with Gasteiger partial charge in [0.15, 0.2) is 0 Å². The summed E-state index contributed by atoms with van der Waals surface area (Å²) in [6.07, 6.45) is 0. The van der Waals surface area contributed by atoms with Gasteiger partial charge in [0.05, 0.1) is 6.54 Å². The molecule has 0 bridgehead atoms. The van der Waals surface area contributed by atoms with Crippen molar-refractivity contribution in [2.45, 2.75) is 27.7 Å². The molecule has 0 aromatic heterocycles. The number of rotatable bonds is 4. The summed E-state index contributed by atoms with van der Waals surface area (Å²) in [6.45, 7) is 9.68. The smallest absolute Gasteiger partial charge is 0.317 e. The highest BCUT2D eigenvalue weighted by atomic mass is 16.4. The second kappa shape index (κ2) is 9.43. The third-order valence-electron chi connectivity index (χ3n) is 1.25. The molecular weight excluding hydrogens is 142 g/mol. The van der Waals surface area contributed by atoms with E-state index in [9.17, 15) is 4.79 Å². The van der Waals surface area contributed by atoms with Crippen LogP contribution in [0.1, 0.15) is 27.7 Å². The molecule has 0 rings (SSSR count). The normalized spacial score (nSPS) is 8.82. The average molecular weight is 161 g/mol. The topological polar surface area (TPSA) is 40.5 Å². The molecule has 68 valence electrons. The molecule has 0 amide bonds. The largest absolute Gasteiger partial charge is 0.480 e. The molecule has 0 aromatic carbocycles. The Morgan fingerprint density at radius 2 is 1.64 bits per heavy atom. The highest BCUT2D eigenvalue weighted by Gasteiger charge is 2.02. The van der Waals surface area contributed by atoms with Crippen LogP contribution in [0.2, 0.25) is 0 Å². The minimum Gasteiger partial charge on any atom is -0.480 e. The van der Waals surface area contributed by atoms with Crippen molar-refractivity contribution >= 4 is 5.97 Å². The summed E-state index contributed by atoms with van der Waals surface area (Å²) in [5, 5.41) is 8.30. The summed E-state index contributed by atoms with van der Waals surface area (Å²) in [6, 6.07) is 0. The van der Waals surface area contributed by atoms with Gasteiger partial charge >= 0.3 is 5.97 Å². The van der Waals surface area contributed by atoms with Crippen molar-refractivity contribution in [3.63, 3.8) is 0 Å². The van der Waals surface area contributed by atoms with E-state index in [1.807, 2.05) is 32.6 Å². The lowest BCUT2D eigenvalue weighted by atomic mass is 10.5. The average Bonchev–Trinajstić information content (AvgIpc) is 2.03. The summed E-state index contributed by atoms with van der Waals surface area (Å²) in [5.41, 5.74) is 0. The molecule has 3 nitrogen and oxygen atoms in total. The summed E-state index contributed by atoms with van der Waals surface area (Å²) < 4.78 is 0. The maximum Gasteiger partial charge on any atom is 0.317 e. The highest BCUT2D eigenvalue weighted by Crippen LogP contribution is 1.84. The zero-order valence-corrected chi connectivity index (χ0v) is 7.92. The van der Waals surface area contributed by atoms with Crippen LogP contribution >= 0.6 is 0 Å². The molecule has 0 fully saturated rings. The van der Waals surface area contributed by atoms with Crippen LogP contribution in [0.3, 0.4) is 0 Å². The molecule has 0 radical (unpaired) electrons. The SMILES string of the molecule is CC.CCN(CC)CC(=O)O. The molecule has 0 saturated carbocycles. The maximum absolute atomic E-state index is 10.1. The predicted molar refractivity (Wildman–Crippen MR) is 46.8 cm³/mol. The quantitative estimate of drug-likeness (QED) is 0.678. The first kappa shape index (κ1) is 13.1. The number of carboxylic acid groups (broad SMARTS) is 1. The van der Waals surface area contributed by atoms with Crippen molar-refractivity contribution in [1.29, 1.82) is 0 Å². The number of aliphatic carboxylic acids is 1. The lowest BCUT2D eigenvalue weighted by Crippen LogP contribution is -2.29. The molecule has 3 heteroatoms. The fourth-order valence-corrected chi connectivity index (χ4v) is 0.639. The summed E-state index contributed by atoms with van der Waals surface area (Å²) in [5.74, 6) is -0.751. The molecule has 11 heavy (non-hydrogen) atoms. The Hall–Kier alpha value is -0.570. The van der Waals surface area contributed by atoms with Crippen LogP contribution in [-0.2, 0) is 4.79 Å². The molecule has 0 spiro atoms. The Balaban J connectivity index is 0. The van der Waals surface area contributed by atoms with Crippen LogP contribution in [0.25, 0.3) is 0 Å². The van der Waals surface area contributed by atoms with E-state index in [0.29, 0.717) is 0 Å². The first-order valence-electron chi connectivity index (χ1n) is 4.14. The standard InChI is InChI=1S/C6H13NO2.C2H6/c1-3-7(4-2)5-6(8)9;1-2/h3-5H2,1-2H3,(H,8,9);1-2H3. The zero-order chi connectivity index (χ0) is 9.28. The van der Waals surface area contributed by atoms with Crippen molar-refractivity contribution in [1.82, 2.24) is 4.90 Å². The second-order valence-electron chi connectivity index (χ2n) is 1.86. The summed E-state index contributed by atoms with van der Waals surface area (Å²) in [4.78, 5) is 11.9. The number of nitrogens with zero attached hydrogens (tertiary/aromatic N) is 1. The fraction of sp³-hybridized carbons (Fsp3) is 0.875. The maximum atomic E-state index is 10.1. The van der Waals surface area contributed by atoms with Crippen molar-refractivity contribution in [3.05, 3.63) is 0 Å². The molecule has 0 aliphatic rings. The Bertz CT molecular complexity index is 90.1. The van der Waals surface area contributed by atoms with Crippen molar-refractivity contribution in [2.75, 3.05) is 19.6 Å². The van der Waals surface area contributed by atoms with Crippen molar-refractivity contribution < 1.29 is 9.90 Å². The number of hydrogen-bond donors (Lipinski definition) is 1. The van der Waals surface area contributed by atoms with Gasteiger partial charge in [0.1, 0.15) is 0 Å². The van der Waals surface area contributed by atoms with E-state index in [2.05, 4.69) is 0 Å². The lowest BCUT2D eigenvalue weighted by Gasteiger charge is -2.13. The van der Waals surface area contributed by atoms with Gasteiger partial charge in [-0.2, -0.15) is 0 Å². The Morgan fingerprint density at radius 1 is 1.27 bits per heavy atom. The Kier molecular flexibility index (Phi) is 11.2. The number of carbonyl (C=O) groups is 1. The highest BCUT2D eigenvalue weighted by molar-refractivity contribution is 5.69. The van der Waals surface area contributed by atoms with E-state index in [4.69, 9.17) is 5.11 Å². The monoisotopic (exact) mass is 161 g/mol. The first-order chi connectivity index (χ1) is 5.20. The third-order valence-corrected chi connectivity index (χ3v) is 1.25. The molecule has 0 atom stereocenters. The van der Waals surface area contributed by atoms with Gasteiger partial charge < -0.3 is 5.11 Å². The van der Waals surface area contributed by atoms with Crippen LogP contribution < -0.4 is 0 Å². The molecule has 0 aliphatic heterocycles. The van der Waals surface area contributed by atoms with E-state index >= 15 is 0 Å². The van der Waals surface area contributed by atoms with Crippen molar-refractivity contribution in [2.24, 2.45) is 0 Å². The van der Waals surface area contributed by atoms with Crippen LogP contribution in [0.4, 0.5) is 0 Å². The van der Waals surface area contributed by atoms with Crippen LogP contribution in [-0.4, -0.2) is 35.6 Å². The van der Waals surface area contributed by atoms with Gasteiger partial charge in [-0.15, -0.1) is 0 Å². The third kappa shape index (κ3) is 9.43. The zero-order valence-electron chi connectivity index (χ0n) is 7.92. The van der Waals surface area contributed by atoms with Gasteiger partial charge in [-0.1, -0.05) is 27.7 Å². The van der Waals surface area contributed by atoms with E-state index in [-0.39, 0.29) is 6.54 Å².